The van der Waals surface area contributed by atoms with E-state index in [1.165, 1.54) is 10.7 Å². The first-order chi connectivity index (χ1) is 10.0. The highest BCUT2D eigenvalue weighted by Gasteiger charge is 2.15. The fourth-order valence-electron chi connectivity index (χ4n) is 2.05. The van der Waals surface area contributed by atoms with E-state index in [1.807, 2.05) is 6.92 Å². The smallest absolute Gasteiger partial charge is 0.187 e. The van der Waals surface area contributed by atoms with Gasteiger partial charge in [0.15, 0.2) is 5.82 Å². The number of aromatic nitrogens is 4. The highest BCUT2D eigenvalue weighted by atomic mass is 35.5. The summed E-state index contributed by atoms with van der Waals surface area (Å²) in [5.74, 6) is -0.0366. The van der Waals surface area contributed by atoms with Crippen LogP contribution < -0.4 is 5.73 Å². The van der Waals surface area contributed by atoms with Crippen molar-refractivity contribution in [2.45, 2.75) is 6.92 Å². The predicted molar refractivity (Wildman–Crippen MR) is 78.7 cm³/mol. The van der Waals surface area contributed by atoms with E-state index in [0.29, 0.717) is 22.1 Å². The summed E-state index contributed by atoms with van der Waals surface area (Å²) < 4.78 is 15.4. The van der Waals surface area contributed by atoms with Gasteiger partial charge in [0.05, 0.1) is 0 Å². The number of nitrogen functional groups attached to an aromatic ring is 1. The first-order valence-electron chi connectivity index (χ1n) is 6.16. The lowest BCUT2D eigenvalue weighted by molar-refractivity contribution is 0.606. The average Bonchev–Trinajstić information content (AvgIpc) is 2.86. The molecule has 0 aliphatic heterocycles. The standard InChI is InChI=1S/C14H11ClFN5/c1-8-2-3-13(12(16)4-8)21-14(18-19-20-21)9-5-10(15)7-11(17)6-9/h2-7H,17H2,1H3. The lowest BCUT2D eigenvalue weighted by atomic mass is 10.1. The Labute approximate surface area is 125 Å². The Morgan fingerprint density at radius 2 is 2.00 bits per heavy atom. The van der Waals surface area contributed by atoms with Crippen LogP contribution in [0.5, 0.6) is 0 Å². The van der Waals surface area contributed by atoms with Crippen LogP contribution in [0, 0.1) is 12.7 Å². The highest BCUT2D eigenvalue weighted by molar-refractivity contribution is 6.31. The maximum absolute atomic E-state index is 14.1. The van der Waals surface area contributed by atoms with Gasteiger partial charge in [-0.05, 0) is 53.2 Å². The molecule has 0 spiro atoms. The van der Waals surface area contributed by atoms with E-state index >= 15 is 0 Å². The molecule has 0 amide bonds. The van der Waals surface area contributed by atoms with Crippen LogP contribution in [0.2, 0.25) is 5.02 Å². The molecule has 1 heterocycles. The van der Waals surface area contributed by atoms with Gasteiger partial charge in [0, 0.05) is 16.3 Å². The van der Waals surface area contributed by atoms with E-state index in [9.17, 15) is 4.39 Å². The SMILES string of the molecule is Cc1ccc(-n2nnnc2-c2cc(N)cc(Cl)c2)c(F)c1. The second-order valence-corrected chi connectivity index (χ2v) is 5.08. The van der Waals surface area contributed by atoms with Gasteiger partial charge in [0.1, 0.15) is 11.5 Å². The molecule has 2 aromatic carbocycles. The molecule has 0 aliphatic carbocycles. The fourth-order valence-corrected chi connectivity index (χ4v) is 2.30. The van der Waals surface area contributed by atoms with Gasteiger partial charge in [-0.3, -0.25) is 0 Å². The number of hydrogen-bond donors (Lipinski definition) is 1. The first-order valence-corrected chi connectivity index (χ1v) is 6.54. The van der Waals surface area contributed by atoms with E-state index in [-0.39, 0.29) is 5.69 Å². The lowest BCUT2D eigenvalue weighted by Crippen LogP contribution is -2.03. The zero-order valence-electron chi connectivity index (χ0n) is 11.1. The molecule has 0 bridgehead atoms. The van der Waals surface area contributed by atoms with Crippen molar-refractivity contribution in [3.63, 3.8) is 0 Å². The van der Waals surface area contributed by atoms with E-state index in [2.05, 4.69) is 15.5 Å². The van der Waals surface area contributed by atoms with Crippen molar-refractivity contribution in [1.29, 1.82) is 0 Å². The molecule has 5 nitrogen and oxygen atoms in total. The summed E-state index contributed by atoms with van der Waals surface area (Å²) in [4.78, 5) is 0. The zero-order chi connectivity index (χ0) is 15.0. The first kappa shape index (κ1) is 13.5. The molecule has 106 valence electrons. The highest BCUT2D eigenvalue weighted by Crippen LogP contribution is 2.26. The topological polar surface area (TPSA) is 69.6 Å². The number of aryl methyl sites for hydroxylation is 1. The predicted octanol–water partition coefficient (Wildman–Crippen LogP) is 3.01. The molecule has 2 N–H and O–H groups in total. The normalized spacial score (nSPS) is 10.8. The number of nitrogens with zero attached hydrogens (tertiary/aromatic N) is 4. The van der Waals surface area contributed by atoms with Crippen LogP contribution in [-0.2, 0) is 0 Å². The molecule has 0 fully saturated rings. The fraction of sp³-hybridized carbons (Fsp3) is 0.0714. The van der Waals surface area contributed by atoms with Crippen molar-refractivity contribution in [2.24, 2.45) is 0 Å². The van der Waals surface area contributed by atoms with Crippen molar-refractivity contribution in [2.75, 3.05) is 5.73 Å². The third-order valence-corrected chi connectivity index (χ3v) is 3.20. The largest absolute Gasteiger partial charge is 0.399 e. The van der Waals surface area contributed by atoms with E-state index in [1.54, 1.807) is 30.3 Å². The maximum Gasteiger partial charge on any atom is 0.187 e. The molecular formula is C14H11ClFN5. The number of halogens is 2. The van der Waals surface area contributed by atoms with Crippen LogP contribution >= 0.6 is 11.6 Å². The number of benzene rings is 2. The lowest BCUT2D eigenvalue weighted by Gasteiger charge is -2.07. The third-order valence-electron chi connectivity index (χ3n) is 2.98. The minimum absolute atomic E-state index is 0.263. The van der Waals surface area contributed by atoms with Gasteiger partial charge in [-0.25, -0.2) is 4.39 Å². The number of rotatable bonds is 2. The summed E-state index contributed by atoms with van der Waals surface area (Å²) in [6.45, 7) is 1.81. The van der Waals surface area contributed by atoms with Gasteiger partial charge in [0.25, 0.3) is 0 Å². The Morgan fingerprint density at radius 3 is 2.71 bits per heavy atom. The summed E-state index contributed by atoms with van der Waals surface area (Å²) >= 11 is 5.99. The average molecular weight is 304 g/mol. The summed E-state index contributed by atoms with van der Waals surface area (Å²) in [5, 5.41) is 11.8. The Hall–Kier alpha value is -2.47. The van der Waals surface area contributed by atoms with Crippen molar-refractivity contribution in [3.05, 3.63) is 52.8 Å². The molecule has 0 saturated carbocycles. The molecule has 3 aromatic rings. The molecule has 0 radical (unpaired) electrons. The van der Waals surface area contributed by atoms with Gasteiger partial charge in [-0.15, -0.1) is 5.10 Å². The van der Waals surface area contributed by atoms with Gasteiger partial charge in [-0.1, -0.05) is 17.7 Å². The molecule has 0 aliphatic rings. The Bertz CT molecular complexity index is 795. The number of anilines is 1. The molecule has 0 saturated heterocycles. The van der Waals surface area contributed by atoms with E-state index in [0.717, 1.165) is 5.56 Å². The van der Waals surface area contributed by atoms with Crippen LogP contribution in [0.1, 0.15) is 5.56 Å². The summed E-state index contributed by atoms with van der Waals surface area (Å²) in [5.41, 5.74) is 7.95. The number of tetrazole rings is 1. The molecule has 0 unspecified atom stereocenters. The van der Waals surface area contributed by atoms with Crippen molar-refractivity contribution < 1.29 is 4.39 Å². The van der Waals surface area contributed by atoms with E-state index in [4.69, 9.17) is 17.3 Å². The van der Waals surface area contributed by atoms with Crippen molar-refractivity contribution in [1.82, 2.24) is 20.2 Å². The Morgan fingerprint density at radius 1 is 1.19 bits per heavy atom. The second-order valence-electron chi connectivity index (χ2n) is 4.64. The van der Waals surface area contributed by atoms with Gasteiger partial charge in [0.2, 0.25) is 0 Å². The van der Waals surface area contributed by atoms with Crippen LogP contribution in [0.4, 0.5) is 10.1 Å². The molecule has 3 rings (SSSR count). The Kier molecular flexibility index (Phi) is 3.31. The molecular weight excluding hydrogens is 293 g/mol. The molecule has 1 aromatic heterocycles. The third kappa shape index (κ3) is 2.57. The minimum atomic E-state index is -0.404. The van der Waals surface area contributed by atoms with Gasteiger partial charge < -0.3 is 5.73 Å². The maximum atomic E-state index is 14.1. The number of hydrogen-bond acceptors (Lipinski definition) is 4. The monoisotopic (exact) mass is 303 g/mol. The summed E-state index contributed by atoms with van der Waals surface area (Å²) in [6.07, 6.45) is 0. The minimum Gasteiger partial charge on any atom is -0.399 e. The Balaban J connectivity index is 2.17. The molecule has 21 heavy (non-hydrogen) atoms. The quantitative estimate of drug-likeness (QED) is 0.739. The van der Waals surface area contributed by atoms with Gasteiger partial charge >= 0.3 is 0 Å². The number of nitrogens with two attached hydrogens (primary N) is 1. The van der Waals surface area contributed by atoms with Crippen LogP contribution in [-0.4, -0.2) is 20.2 Å². The van der Waals surface area contributed by atoms with Crippen LogP contribution in [0.15, 0.2) is 36.4 Å². The van der Waals surface area contributed by atoms with E-state index < -0.39 is 5.82 Å². The van der Waals surface area contributed by atoms with Gasteiger partial charge in [-0.2, -0.15) is 4.68 Å². The second kappa shape index (κ2) is 5.14. The molecule has 0 atom stereocenters. The summed E-state index contributed by atoms with van der Waals surface area (Å²) in [7, 11) is 0. The molecule has 7 heteroatoms. The van der Waals surface area contributed by atoms with Crippen LogP contribution in [0.3, 0.4) is 0 Å². The zero-order valence-corrected chi connectivity index (χ0v) is 11.8. The van der Waals surface area contributed by atoms with Crippen molar-refractivity contribution >= 4 is 17.3 Å². The van der Waals surface area contributed by atoms with Crippen LogP contribution in [0.25, 0.3) is 17.1 Å². The van der Waals surface area contributed by atoms with Crippen molar-refractivity contribution in [3.8, 4) is 17.1 Å². The summed E-state index contributed by atoms with van der Waals surface area (Å²) in [6, 6.07) is 9.81.